The Morgan fingerprint density at radius 3 is 2.04 bits per heavy atom. The first-order valence-corrected chi connectivity index (χ1v) is 9.59. The third kappa shape index (κ3) is 5.33. The molecule has 0 atom stereocenters. The van der Waals surface area contributed by atoms with Crippen molar-refractivity contribution < 1.29 is 0 Å². The first-order chi connectivity index (χ1) is 11.9. The van der Waals surface area contributed by atoms with Crippen molar-refractivity contribution in [1.82, 2.24) is 4.98 Å². The van der Waals surface area contributed by atoms with E-state index in [0.717, 1.165) is 24.2 Å². The van der Waals surface area contributed by atoms with Gasteiger partial charge < -0.3 is 0 Å². The molecule has 24 heavy (non-hydrogen) atoms. The molecule has 1 fully saturated rings. The van der Waals surface area contributed by atoms with Gasteiger partial charge in [0.1, 0.15) is 5.82 Å². The van der Waals surface area contributed by atoms with E-state index in [1.165, 1.54) is 68.9 Å². The second-order valence-electron chi connectivity index (χ2n) is 6.86. The molecule has 0 radical (unpaired) electrons. The summed E-state index contributed by atoms with van der Waals surface area (Å²) in [5.74, 6) is 0.840. The lowest BCUT2D eigenvalue weighted by atomic mass is 10.00. The Labute approximate surface area is 145 Å². The Morgan fingerprint density at radius 2 is 1.33 bits per heavy atom. The number of rotatable bonds is 2. The fraction of sp³-hybridized carbons (Fsp3) is 0.524. The smallest absolute Gasteiger partial charge is 0.146 e. The number of para-hydroxylation sites is 1. The van der Waals surface area contributed by atoms with E-state index in [1.54, 1.807) is 0 Å². The molecule has 1 aliphatic rings. The maximum absolute atomic E-state index is 4.69. The molecule has 3 rings (SSSR count). The Bertz CT molecular complexity index is 649. The molecule has 1 aromatic heterocycles. The van der Waals surface area contributed by atoms with E-state index in [9.17, 15) is 0 Å². The highest BCUT2D eigenvalue weighted by Crippen LogP contribution is 2.17. The van der Waals surface area contributed by atoms with Gasteiger partial charge in [-0.05, 0) is 43.9 Å². The van der Waals surface area contributed by atoms with E-state index in [1.807, 2.05) is 24.3 Å². The molecule has 1 N–H and O–H groups in total. The lowest BCUT2D eigenvalue weighted by Crippen LogP contribution is -2.04. The van der Waals surface area contributed by atoms with Crippen LogP contribution in [0.2, 0.25) is 0 Å². The average molecular weight is 323 g/mol. The van der Waals surface area contributed by atoms with E-state index in [0.29, 0.717) is 0 Å². The SMILES string of the molecule is c1ccc2nc(NN=C3CCCCCCCCCCC3)ccc2c1. The van der Waals surface area contributed by atoms with Crippen molar-refractivity contribution in [2.24, 2.45) is 5.10 Å². The number of hydrogen-bond donors (Lipinski definition) is 1. The van der Waals surface area contributed by atoms with Crippen LogP contribution in [0.15, 0.2) is 41.5 Å². The molecule has 1 aromatic carbocycles. The summed E-state index contributed by atoms with van der Waals surface area (Å²) in [7, 11) is 0. The van der Waals surface area contributed by atoms with Crippen LogP contribution in [0.25, 0.3) is 10.9 Å². The summed E-state index contributed by atoms with van der Waals surface area (Å²) in [6.07, 6.45) is 14.5. The molecule has 0 saturated heterocycles. The zero-order valence-corrected chi connectivity index (χ0v) is 14.6. The largest absolute Gasteiger partial charge is 0.261 e. The van der Waals surface area contributed by atoms with Gasteiger partial charge in [-0.15, -0.1) is 0 Å². The van der Waals surface area contributed by atoms with Crippen LogP contribution in [-0.4, -0.2) is 10.7 Å². The molecule has 0 unspecified atom stereocenters. The van der Waals surface area contributed by atoms with Gasteiger partial charge in [-0.3, -0.25) is 5.43 Å². The zero-order chi connectivity index (χ0) is 16.5. The summed E-state index contributed by atoms with van der Waals surface area (Å²) in [5.41, 5.74) is 5.52. The van der Waals surface area contributed by atoms with Crippen molar-refractivity contribution in [3.05, 3.63) is 36.4 Å². The van der Waals surface area contributed by atoms with Crippen LogP contribution in [0.1, 0.15) is 70.6 Å². The lowest BCUT2D eigenvalue weighted by Gasteiger charge is -2.10. The molecule has 2 aromatic rings. The van der Waals surface area contributed by atoms with Crippen molar-refractivity contribution >= 4 is 22.4 Å². The van der Waals surface area contributed by atoms with Gasteiger partial charge >= 0.3 is 0 Å². The predicted octanol–water partition coefficient (Wildman–Crippen LogP) is 6.31. The Morgan fingerprint density at radius 1 is 0.708 bits per heavy atom. The van der Waals surface area contributed by atoms with Crippen molar-refractivity contribution in [1.29, 1.82) is 0 Å². The molecular formula is C21H29N3. The summed E-state index contributed by atoms with van der Waals surface area (Å²) < 4.78 is 0. The Kier molecular flexibility index (Phi) is 6.64. The van der Waals surface area contributed by atoms with Crippen LogP contribution in [0, 0.1) is 0 Å². The normalized spacial score (nSPS) is 17.8. The number of hydrogen-bond acceptors (Lipinski definition) is 3. The maximum Gasteiger partial charge on any atom is 0.146 e. The summed E-state index contributed by atoms with van der Waals surface area (Å²) in [4.78, 5) is 4.64. The predicted molar refractivity (Wildman–Crippen MR) is 104 cm³/mol. The van der Waals surface area contributed by atoms with Crippen molar-refractivity contribution in [2.45, 2.75) is 70.6 Å². The zero-order valence-electron chi connectivity index (χ0n) is 14.6. The molecule has 0 aliphatic heterocycles. The van der Waals surface area contributed by atoms with E-state index in [4.69, 9.17) is 5.10 Å². The van der Waals surface area contributed by atoms with Crippen LogP contribution < -0.4 is 5.43 Å². The first-order valence-electron chi connectivity index (χ1n) is 9.59. The highest BCUT2D eigenvalue weighted by Gasteiger charge is 2.04. The average Bonchev–Trinajstić information content (AvgIpc) is 2.61. The standard InChI is InChI=1S/C21H29N3/c1-2-4-6-8-13-19(14-9-7-5-3-1)23-24-21-17-16-18-12-10-11-15-20(18)22-21/h10-12,15-17H,1-9,13-14H2,(H,22,24). The lowest BCUT2D eigenvalue weighted by molar-refractivity contribution is 0.555. The van der Waals surface area contributed by atoms with Crippen LogP contribution in [0.3, 0.4) is 0 Å². The fourth-order valence-electron chi connectivity index (χ4n) is 3.40. The first kappa shape index (κ1) is 16.9. The van der Waals surface area contributed by atoms with Gasteiger partial charge in [0.15, 0.2) is 0 Å². The second kappa shape index (κ2) is 9.41. The third-order valence-corrected chi connectivity index (χ3v) is 4.86. The second-order valence-corrected chi connectivity index (χ2v) is 6.86. The molecule has 1 aliphatic carbocycles. The topological polar surface area (TPSA) is 37.3 Å². The van der Waals surface area contributed by atoms with E-state index in [2.05, 4.69) is 22.5 Å². The summed E-state index contributed by atoms with van der Waals surface area (Å²) >= 11 is 0. The molecule has 3 nitrogen and oxygen atoms in total. The van der Waals surface area contributed by atoms with Gasteiger partial charge in [-0.2, -0.15) is 5.10 Å². The number of anilines is 1. The molecular weight excluding hydrogens is 294 g/mol. The number of pyridine rings is 1. The number of benzene rings is 1. The Hall–Kier alpha value is -1.90. The Balaban J connectivity index is 1.62. The number of fused-ring (bicyclic) bond motifs is 1. The van der Waals surface area contributed by atoms with E-state index < -0.39 is 0 Å². The number of nitrogens with one attached hydrogen (secondary N) is 1. The molecule has 1 saturated carbocycles. The van der Waals surface area contributed by atoms with E-state index in [-0.39, 0.29) is 0 Å². The quantitative estimate of drug-likeness (QED) is 0.658. The van der Waals surface area contributed by atoms with Gasteiger partial charge in [-0.1, -0.05) is 63.1 Å². The minimum absolute atomic E-state index is 0.840. The summed E-state index contributed by atoms with van der Waals surface area (Å²) in [6, 6.07) is 12.3. The molecule has 0 bridgehead atoms. The third-order valence-electron chi connectivity index (χ3n) is 4.86. The van der Waals surface area contributed by atoms with Gasteiger partial charge in [0.25, 0.3) is 0 Å². The van der Waals surface area contributed by atoms with Gasteiger partial charge in [-0.25, -0.2) is 4.98 Å². The van der Waals surface area contributed by atoms with Crippen molar-refractivity contribution in [2.75, 3.05) is 5.43 Å². The fourth-order valence-corrected chi connectivity index (χ4v) is 3.40. The number of nitrogens with zero attached hydrogens (tertiary/aromatic N) is 2. The van der Waals surface area contributed by atoms with Crippen LogP contribution in [-0.2, 0) is 0 Å². The summed E-state index contributed by atoms with van der Waals surface area (Å²) in [5, 5.41) is 5.86. The minimum Gasteiger partial charge on any atom is -0.261 e. The number of hydrazone groups is 1. The van der Waals surface area contributed by atoms with Crippen molar-refractivity contribution in [3.63, 3.8) is 0 Å². The summed E-state index contributed by atoms with van der Waals surface area (Å²) in [6.45, 7) is 0. The van der Waals surface area contributed by atoms with Crippen molar-refractivity contribution in [3.8, 4) is 0 Å². The van der Waals surface area contributed by atoms with Crippen LogP contribution in [0.5, 0.6) is 0 Å². The monoisotopic (exact) mass is 323 g/mol. The molecule has 0 amide bonds. The highest BCUT2D eigenvalue weighted by atomic mass is 15.3. The van der Waals surface area contributed by atoms with E-state index >= 15 is 0 Å². The molecule has 0 spiro atoms. The number of aromatic nitrogens is 1. The minimum atomic E-state index is 0.840. The molecule has 3 heteroatoms. The van der Waals surface area contributed by atoms with Gasteiger partial charge in [0, 0.05) is 11.1 Å². The highest BCUT2D eigenvalue weighted by molar-refractivity contribution is 5.85. The van der Waals surface area contributed by atoms with Gasteiger partial charge in [0.05, 0.1) is 5.52 Å². The molecule has 128 valence electrons. The van der Waals surface area contributed by atoms with Crippen LogP contribution >= 0.6 is 0 Å². The maximum atomic E-state index is 4.69. The molecule has 1 heterocycles. The van der Waals surface area contributed by atoms with Crippen LogP contribution in [0.4, 0.5) is 5.82 Å². The van der Waals surface area contributed by atoms with Gasteiger partial charge in [0.2, 0.25) is 0 Å².